The third-order valence-corrected chi connectivity index (χ3v) is 5.24. The van der Waals surface area contributed by atoms with Crippen molar-refractivity contribution in [2.45, 2.75) is 45.7 Å². The molecule has 1 atom stereocenters. The lowest BCUT2D eigenvalue weighted by Gasteiger charge is -2.35. The van der Waals surface area contributed by atoms with Gasteiger partial charge in [-0.15, -0.1) is 0 Å². The largest absolute Gasteiger partial charge is 0.463 e. The molecule has 2 heterocycles. The number of fused-ring (bicyclic) bond motifs is 1. The molecule has 1 aliphatic heterocycles. The molecule has 1 fully saturated rings. The van der Waals surface area contributed by atoms with Crippen molar-refractivity contribution in [2.24, 2.45) is 0 Å². The predicted molar refractivity (Wildman–Crippen MR) is 107 cm³/mol. The highest BCUT2D eigenvalue weighted by Gasteiger charge is 2.38. The number of carbonyl (C=O) groups excluding carboxylic acids is 2. The van der Waals surface area contributed by atoms with Crippen LogP contribution in [0.15, 0.2) is 41.9 Å². The Hall–Kier alpha value is -3.16. The van der Waals surface area contributed by atoms with E-state index in [1.165, 1.54) is 6.33 Å². The summed E-state index contributed by atoms with van der Waals surface area (Å²) in [5.74, 6) is 0.0230. The Morgan fingerprint density at radius 3 is 2.59 bits per heavy atom. The van der Waals surface area contributed by atoms with Gasteiger partial charge in [-0.05, 0) is 39.2 Å². The Kier molecular flexibility index (Phi) is 5.08. The van der Waals surface area contributed by atoms with Crippen molar-refractivity contribution in [1.82, 2.24) is 20.1 Å². The molecule has 1 amide bonds. The number of esters is 1. The molecule has 0 radical (unpaired) electrons. The number of nitrogens with zero attached hydrogens (tertiary/aromatic N) is 4. The minimum absolute atomic E-state index is 0.0740. The first-order valence-electron chi connectivity index (χ1n) is 9.90. The Morgan fingerprint density at radius 2 is 1.93 bits per heavy atom. The maximum atomic E-state index is 12.9. The van der Waals surface area contributed by atoms with Crippen molar-refractivity contribution in [1.29, 1.82) is 0 Å². The van der Waals surface area contributed by atoms with Crippen molar-refractivity contribution in [2.75, 3.05) is 18.1 Å². The number of nitrogens with one attached hydrogen (secondary N) is 1. The molecule has 1 aromatic heterocycles. The SMILES string of the molecule is CCOC(=O)C1=C(C)N(CC(=O)NC2CC2)c2ncnn2C1c1ccc(C)cc1. The molecule has 1 N–H and O–H groups in total. The normalized spacial score (nSPS) is 18.4. The monoisotopic (exact) mass is 395 g/mol. The number of rotatable bonds is 6. The van der Waals surface area contributed by atoms with E-state index in [1.54, 1.807) is 16.5 Å². The van der Waals surface area contributed by atoms with Crippen LogP contribution in [0.25, 0.3) is 0 Å². The minimum atomic E-state index is -0.463. The van der Waals surface area contributed by atoms with Crippen LogP contribution < -0.4 is 10.2 Å². The summed E-state index contributed by atoms with van der Waals surface area (Å²) in [6, 6.07) is 7.76. The molecule has 0 bridgehead atoms. The van der Waals surface area contributed by atoms with Gasteiger partial charge in [-0.25, -0.2) is 9.48 Å². The summed E-state index contributed by atoms with van der Waals surface area (Å²) in [7, 11) is 0. The fourth-order valence-corrected chi connectivity index (χ4v) is 3.59. The number of allylic oxidation sites excluding steroid dienone is 1. The van der Waals surface area contributed by atoms with Crippen molar-refractivity contribution in [3.63, 3.8) is 0 Å². The molecule has 0 saturated heterocycles. The molecule has 1 aliphatic carbocycles. The van der Waals surface area contributed by atoms with Crippen LogP contribution in [0.2, 0.25) is 0 Å². The molecule has 8 nitrogen and oxygen atoms in total. The third kappa shape index (κ3) is 3.74. The maximum absolute atomic E-state index is 12.9. The zero-order chi connectivity index (χ0) is 20.5. The van der Waals surface area contributed by atoms with Crippen LogP contribution in [0.1, 0.15) is 43.9 Å². The van der Waals surface area contributed by atoms with Gasteiger partial charge < -0.3 is 15.0 Å². The molecule has 1 saturated carbocycles. The number of benzene rings is 1. The lowest BCUT2D eigenvalue weighted by molar-refractivity contribution is -0.139. The van der Waals surface area contributed by atoms with Gasteiger partial charge in [0.1, 0.15) is 18.9 Å². The summed E-state index contributed by atoms with van der Waals surface area (Å²) in [5.41, 5.74) is 3.15. The summed E-state index contributed by atoms with van der Waals surface area (Å²) in [6.45, 7) is 5.96. The Morgan fingerprint density at radius 1 is 1.21 bits per heavy atom. The number of hydrogen-bond acceptors (Lipinski definition) is 6. The zero-order valence-electron chi connectivity index (χ0n) is 16.9. The zero-order valence-corrected chi connectivity index (χ0v) is 16.9. The summed E-state index contributed by atoms with van der Waals surface area (Å²) < 4.78 is 7.05. The predicted octanol–water partition coefficient (Wildman–Crippen LogP) is 2.11. The van der Waals surface area contributed by atoms with E-state index in [9.17, 15) is 9.59 Å². The molecule has 29 heavy (non-hydrogen) atoms. The first kappa shape index (κ1) is 19.2. The maximum Gasteiger partial charge on any atom is 0.338 e. The van der Waals surface area contributed by atoms with Crippen LogP contribution in [0.4, 0.5) is 5.95 Å². The molecule has 4 rings (SSSR count). The van der Waals surface area contributed by atoms with Gasteiger partial charge in [-0.2, -0.15) is 10.1 Å². The number of carbonyl (C=O) groups is 2. The van der Waals surface area contributed by atoms with Crippen molar-refractivity contribution in [3.05, 3.63) is 53.0 Å². The van der Waals surface area contributed by atoms with Crippen LogP contribution in [-0.4, -0.2) is 45.8 Å². The second kappa shape index (κ2) is 7.69. The third-order valence-electron chi connectivity index (χ3n) is 5.24. The summed E-state index contributed by atoms with van der Waals surface area (Å²) >= 11 is 0. The van der Waals surface area contributed by atoms with Gasteiger partial charge in [0.25, 0.3) is 0 Å². The number of ether oxygens (including phenoxy) is 1. The van der Waals surface area contributed by atoms with Crippen LogP contribution in [0.3, 0.4) is 0 Å². The number of aromatic nitrogens is 3. The average Bonchev–Trinajstić information content (AvgIpc) is 3.36. The van der Waals surface area contributed by atoms with Crippen LogP contribution >= 0.6 is 0 Å². The topological polar surface area (TPSA) is 89.3 Å². The lowest BCUT2D eigenvalue weighted by atomic mass is 9.94. The average molecular weight is 395 g/mol. The van der Waals surface area contributed by atoms with Crippen molar-refractivity contribution in [3.8, 4) is 0 Å². The molecule has 152 valence electrons. The highest BCUT2D eigenvalue weighted by molar-refractivity contribution is 5.93. The Bertz CT molecular complexity index is 959. The highest BCUT2D eigenvalue weighted by atomic mass is 16.5. The van der Waals surface area contributed by atoms with Crippen molar-refractivity contribution < 1.29 is 14.3 Å². The van der Waals surface area contributed by atoms with Gasteiger partial charge in [0.05, 0.1) is 12.2 Å². The molecule has 8 heteroatoms. The van der Waals surface area contributed by atoms with E-state index < -0.39 is 12.0 Å². The number of hydrogen-bond donors (Lipinski definition) is 1. The summed E-state index contributed by atoms with van der Waals surface area (Å²) in [5, 5.41) is 7.37. The van der Waals surface area contributed by atoms with Gasteiger partial charge in [0, 0.05) is 11.7 Å². The minimum Gasteiger partial charge on any atom is -0.463 e. The molecule has 0 spiro atoms. The fourth-order valence-electron chi connectivity index (χ4n) is 3.59. The quantitative estimate of drug-likeness (QED) is 0.754. The van der Waals surface area contributed by atoms with Gasteiger partial charge in [-0.3, -0.25) is 4.79 Å². The summed E-state index contributed by atoms with van der Waals surface area (Å²) in [4.78, 5) is 31.5. The highest BCUT2D eigenvalue weighted by Crippen LogP contribution is 2.38. The van der Waals surface area contributed by atoms with E-state index in [2.05, 4.69) is 15.4 Å². The van der Waals surface area contributed by atoms with E-state index in [0.717, 1.165) is 24.0 Å². The van der Waals surface area contributed by atoms with Gasteiger partial charge >= 0.3 is 5.97 Å². The smallest absolute Gasteiger partial charge is 0.338 e. The molecule has 2 aliphatic rings. The first-order valence-corrected chi connectivity index (χ1v) is 9.90. The Labute approximate surface area is 169 Å². The second-order valence-electron chi connectivity index (χ2n) is 7.47. The number of anilines is 1. The van der Waals surface area contributed by atoms with Gasteiger partial charge in [0.2, 0.25) is 11.9 Å². The van der Waals surface area contributed by atoms with Crippen LogP contribution in [0.5, 0.6) is 0 Å². The Balaban J connectivity index is 1.77. The standard InChI is InChI=1S/C21H25N5O3/c1-4-29-20(28)18-14(3)25(11-17(27)24-16-9-10-16)21-22-12-23-26(21)19(18)15-7-5-13(2)6-8-15/h5-8,12,16,19H,4,9-11H2,1-3H3,(H,24,27). The van der Waals surface area contributed by atoms with Crippen LogP contribution in [0, 0.1) is 6.92 Å². The van der Waals surface area contributed by atoms with Gasteiger partial charge in [0.15, 0.2) is 0 Å². The number of amides is 1. The van der Waals surface area contributed by atoms with E-state index in [4.69, 9.17) is 4.74 Å². The van der Waals surface area contributed by atoms with E-state index >= 15 is 0 Å². The van der Waals surface area contributed by atoms with Crippen LogP contribution in [-0.2, 0) is 14.3 Å². The van der Waals surface area contributed by atoms with Crippen molar-refractivity contribution >= 4 is 17.8 Å². The van der Waals surface area contributed by atoms with E-state index in [1.807, 2.05) is 38.1 Å². The summed E-state index contributed by atoms with van der Waals surface area (Å²) in [6.07, 6.45) is 3.48. The second-order valence-corrected chi connectivity index (χ2v) is 7.47. The molecule has 2 aromatic rings. The molecular weight excluding hydrogens is 370 g/mol. The fraction of sp³-hybridized carbons (Fsp3) is 0.429. The van der Waals surface area contributed by atoms with E-state index in [-0.39, 0.29) is 25.1 Å². The molecular formula is C21H25N5O3. The lowest BCUT2D eigenvalue weighted by Crippen LogP contribution is -2.43. The molecule has 1 unspecified atom stereocenters. The first-order chi connectivity index (χ1) is 14.0. The number of aryl methyl sites for hydroxylation is 1. The molecule has 1 aromatic carbocycles. The van der Waals surface area contributed by atoms with E-state index in [0.29, 0.717) is 17.2 Å². The van der Waals surface area contributed by atoms with Gasteiger partial charge in [-0.1, -0.05) is 29.8 Å².